The van der Waals surface area contributed by atoms with Crippen molar-refractivity contribution in [2.24, 2.45) is 0 Å². The molecule has 1 aromatic rings. The van der Waals surface area contributed by atoms with Crippen molar-refractivity contribution >= 4 is 11.6 Å². The van der Waals surface area contributed by atoms with Crippen LogP contribution in [0.1, 0.15) is 36.7 Å². The third-order valence-electron chi connectivity index (χ3n) is 3.15. The molecule has 0 saturated heterocycles. The van der Waals surface area contributed by atoms with Crippen LogP contribution in [0.3, 0.4) is 0 Å². The zero-order valence-corrected chi connectivity index (χ0v) is 11.7. The van der Waals surface area contributed by atoms with Gasteiger partial charge in [-0.2, -0.15) is 0 Å². The van der Waals surface area contributed by atoms with Gasteiger partial charge in [-0.1, -0.05) is 0 Å². The van der Waals surface area contributed by atoms with E-state index < -0.39 is 5.60 Å². The number of rotatable bonds is 4. The third kappa shape index (κ3) is 3.47. The van der Waals surface area contributed by atoms with Crippen molar-refractivity contribution in [2.45, 2.75) is 39.3 Å². The first kappa shape index (κ1) is 14.5. The molecule has 100 valence electrons. The highest BCUT2D eigenvalue weighted by atomic mass is 16.3. The van der Waals surface area contributed by atoms with Gasteiger partial charge >= 0.3 is 0 Å². The summed E-state index contributed by atoms with van der Waals surface area (Å²) in [6.07, 6.45) is 0. The summed E-state index contributed by atoms with van der Waals surface area (Å²) in [5, 5.41) is 15.7. The lowest BCUT2D eigenvalue weighted by Crippen LogP contribution is -2.39. The molecule has 4 nitrogen and oxygen atoms in total. The van der Waals surface area contributed by atoms with Crippen LogP contribution in [0.25, 0.3) is 0 Å². The average molecular weight is 250 g/mol. The Kier molecular flexibility index (Phi) is 4.35. The maximum absolute atomic E-state index is 11.5. The number of aryl methyl sites for hydroxylation is 1. The van der Waals surface area contributed by atoms with E-state index in [4.69, 9.17) is 0 Å². The van der Waals surface area contributed by atoms with Gasteiger partial charge in [-0.15, -0.1) is 0 Å². The van der Waals surface area contributed by atoms with Crippen molar-refractivity contribution in [3.8, 4) is 0 Å². The Balaban J connectivity index is 2.90. The molecule has 1 aromatic carbocycles. The lowest BCUT2D eigenvalue weighted by atomic mass is 9.99. The summed E-state index contributed by atoms with van der Waals surface area (Å²) in [5.74, 6) is -0.0970. The lowest BCUT2D eigenvalue weighted by Gasteiger charge is -2.28. The molecule has 0 saturated carbocycles. The molecule has 1 amide bonds. The number of nitrogens with one attached hydrogen (secondary N) is 2. The van der Waals surface area contributed by atoms with Crippen molar-refractivity contribution < 1.29 is 9.90 Å². The molecule has 0 aliphatic carbocycles. The van der Waals surface area contributed by atoms with Gasteiger partial charge in [0.1, 0.15) is 0 Å². The number of aliphatic hydroxyl groups is 1. The number of hydrogen-bond acceptors (Lipinski definition) is 3. The Bertz CT molecular complexity index is 436. The van der Waals surface area contributed by atoms with Crippen molar-refractivity contribution in [3.05, 3.63) is 29.3 Å². The highest BCUT2D eigenvalue weighted by Crippen LogP contribution is 2.20. The molecule has 0 aromatic heterocycles. The predicted octanol–water partition coefficient (Wildman–Crippen LogP) is 1.93. The zero-order chi connectivity index (χ0) is 13.9. The molecule has 0 aliphatic heterocycles. The molecule has 18 heavy (non-hydrogen) atoms. The van der Waals surface area contributed by atoms with Crippen LogP contribution in [0, 0.1) is 6.92 Å². The van der Waals surface area contributed by atoms with E-state index in [0.717, 1.165) is 11.3 Å². The SMILES string of the molecule is CNC(=O)c1ccc(NC(C)C(C)(C)O)c(C)c1. The number of carbonyl (C=O) groups excluding carboxylic acids is 1. The fourth-order valence-electron chi connectivity index (χ4n) is 1.52. The van der Waals surface area contributed by atoms with Crippen molar-refractivity contribution in [3.63, 3.8) is 0 Å². The van der Waals surface area contributed by atoms with Crippen LogP contribution >= 0.6 is 0 Å². The van der Waals surface area contributed by atoms with Gasteiger partial charge in [0.25, 0.3) is 5.91 Å². The maximum atomic E-state index is 11.5. The maximum Gasteiger partial charge on any atom is 0.251 e. The first-order valence-electron chi connectivity index (χ1n) is 6.07. The van der Waals surface area contributed by atoms with Gasteiger partial charge in [-0.25, -0.2) is 0 Å². The van der Waals surface area contributed by atoms with Gasteiger partial charge in [0.15, 0.2) is 0 Å². The number of amides is 1. The monoisotopic (exact) mass is 250 g/mol. The van der Waals surface area contributed by atoms with Gasteiger partial charge in [0.2, 0.25) is 0 Å². The van der Waals surface area contributed by atoms with Crippen molar-refractivity contribution in [2.75, 3.05) is 12.4 Å². The number of carbonyl (C=O) groups is 1. The molecule has 0 bridgehead atoms. The predicted molar refractivity (Wildman–Crippen MR) is 74.0 cm³/mol. The molecular weight excluding hydrogens is 228 g/mol. The van der Waals surface area contributed by atoms with E-state index in [1.165, 1.54) is 0 Å². The molecule has 1 atom stereocenters. The number of hydrogen-bond donors (Lipinski definition) is 3. The van der Waals surface area contributed by atoms with Gasteiger partial charge < -0.3 is 15.7 Å². The largest absolute Gasteiger partial charge is 0.388 e. The van der Waals surface area contributed by atoms with Gasteiger partial charge in [-0.3, -0.25) is 4.79 Å². The Labute approximate surface area is 108 Å². The van der Waals surface area contributed by atoms with E-state index in [0.29, 0.717) is 5.56 Å². The van der Waals surface area contributed by atoms with Crippen LogP contribution in [0.2, 0.25) is 0 Å². The molecule has 3 N–H and O–H groups in total. The normalized spacial score (nSPS) is 13.0. The molecule has 1 unspecified atom stereocenters. The molecule has 0 radical (unpaired) electrons. The van der Waals surface area contributed by atoms with Gasteiger partial charge in [-0.05, 0) is 51.5 Å². The van der Waals surface area contributed by atoms with Crippen molar-refractivity contribution in [1.82, 2.24) is 5.32 Å². The summed E-state index contributed by atoms with van der Waals surface area (Å²) >= 11 is 0. The Morgan fingerprint density at radius 3 is 2.44 bits per heavy atom. The second-order valence-corrected chi connectivity index (χ2v) is 5.13. The summed E-state index contributed by atoms with van der Waals surface area (Å²) in [7, 11) is 1.61. The van der Waals surface area contributed by atoms with Crippen LogP contribution in [0.5, 0.6) is 0 Å². The highest BCUT2D eigenvalue weighted by Gasteiger charge is 2.22. The van der Waals surface area contributed by atoms with E-state index in [9.17, 15) is 9.90 Å². The standard InChI is InChI=1S/C14H22N2O2/c1-9-8-11(13(17)15-5)6-7-12(9)16-10(2)14(3,4)18/h6-8,10,16,18H,1-5H3,(H,15,17). The minimum absolute atomic E-state index is 0.0814. The Morgan fingerprint density at radius 1 is 1.39 bits per heavy atom. The van der Waals surface area contributed by atoms with E-state index in [-0.39, 0.29) is 11.9 Å². The fraction of sp³-hybridized carbons (Fsp3) is 0.500. The third-order valence-corrected chi connectivity index (χ3v) is 3.15. The van der Waals surface area contributed by atoms with E-state index in [2.05, 4.69) is 10.6 Å². The highest BCUT2D eigenvalue weighted by molar-refractivity contribution is 5.94. The second kappa shape index (κ2) is 5.40. The number of anilines is 1. The molecule has 0 fully saturated rings. The second-order valence-electron chi connectivity index (χ2n) is 5.13. The number of benzene rings is 1. The van der Waals surface area contributed by atoms with Crippen LogP contribution in [-0.4, -0.2) is 29.7 Å². The van der Waals surface area contributed by atoms with Crippen molar-refractivity contribution in [1.29, 1.82) is 0 Å². The summed E-state index contributed by atoms with van der Waals surface area (Å²) < 4.78 is 0. The molecular formula is C14H22N2O2. The summed E-state index contributed by atoms with van der Waals surface area (Å²) in [6.45, 7) is 7.38. The topological polar surface area (TPSA) is 61.4 Å². The molecule has 0 aliphatic rings. The minimum Gasteiger partial charge on any atom is -0.388 e. The van der Waals surface area contributed by atoms with E-state index in [1.807, 2.05) is 26.0 Å². The Hall–Kier alpha value is -1.55. The van der Waals surface area contributed by atoms with Crippen LogP contribution in [0.15, 0.2) is 18.2 Å². The van der Waals surface area contributed by atoms with E-state index >= 15 is 0 Å². The Morgan fingerprint density at radius 2 is 2.00 bits per heavy atom. The van der Waals surface area contributed by atoms with Gasteiger partial charge in [0, 0.05) is 18.3 Å². The van der Waals surface area contributed by atoms with Crippen LogP contribution in [-0.2, 0) is 0 Å². The molecule has 4 heteroatoms. The zero-order valence-electron chi connectivity index (χ0n) is 11.7. The summed E-state index contributed by atoms with van der Waals surface area (Å²) in [5.41, 5.74) is 1.74. The fourth-order valence-corrected chi connectivity index (χ4v) is 1.52. The quantitative estimate of drug-likeness (QED) is 0.765. The van der Waals surface area contributed by atoms with Crippen LogP contribution in [0.4, 0.5) is 5.69 Å². The summed E-state index contributed by atoms with van der Waals surface area (Å²) in [6, 6.07) is 5.38. The smallest absolute Gasteiger partial charge is 0.251 e. The molecule has 0 spiro atoms. The van der Waals surface area contributed by atoms with E-state index in [1.54, 1.807) is 27.0 Å². The van der Waals surface area contributed by atoms with Crippen LogP contribution < -0.4 is 10.6 Å². The first-order chi connectivity index (χ1) is 8.25. The molecule has 0 heterocycles. The lowest BCUT2D eigenvalue weighted by molar-refractivity contribution is 0.0649. The first-order valence-corrected chi connectivity index (χ1v) is 6.07. The molecule has 1 rings (SSSR count). The summed E-state index contributed by atoms with van der Waals surface area (Å²) in [4.78, 5) is 11.5. The average Bonchev–Trinajstić information content (AvgIpc) is 2.29. The van der Waals surface area contributed by atoms with Gasteiger partial charge in [0.05, 0.1) is 11.6 Å². The minimum atomic E-state index is -0.800.